The number of carbonyl (C=O) groups is 1. The summed E-state index contributed by atoms with van der Waals surface area (Å²) in [5.41, 5.74) is 1.31. The number of hydrogen-bond acceptors (Lipinski definition) is 2. The lowest BCUT2D eigenvalue weighted by Gasteiger charge is -2.12. The van der Waals surface area contributed by atoms with Gasteiger partial charge in [0.25, 0.3) is 0 Å². The third kappa shape index (κ3) is 14.9. The van der Waals surface area contributed by atoms with Crippen LogP contribution in [-0.4, -0.2) is 17.7 Å². The van der Waals surface area contributed by atoms with Crippen molar-refractivity contribution in [3.8, 4) is 5.75 Å². The highest BCUT2D eigenvalue weighted by Crippen LogP contribution is 2.16. The Balaban J connectivity index is 0. The molecular formula is C19H34O3. The van der Waals surface area contributed by atoms with Crippen molar-refractivity contribution in [2.24, 2.45) is 5.41 Å². The predicted molar refractivity (Wildman–Crippen MR) is 94.7 cm³/mol. The van der Waals surface area contributed by atoms with E-state index < -0.39 is 5.97 Å². The first kappa shape index (κ1) is 22.8. The Hall–Kier alpha value is -1.51. The first-order chi connectivity index (χ1) is 10.3. The SMILES string of the molecule is CC.CCC(C)(C)C.CCCOc1cccc(CC(=O)O)c1. The zero-order chi connectivity index (χ0) is 17.6. The molecule has 0 aliphatic heterocycles. The third-order valence-corrected chi connectivity index (χ3v) is 2.79. The fraction of sp³-hybridized carbons (Fsp3) is 0.632. The maximum Gasteiger partial charge on any atom is 0.307 e. The summed E-state index contributed by atoms with van der Waals surface area (Å²) < 4.78 is 5.38. The van der Waals surface area contributed by atoms with Crippen LogP contribution in [0.15, 0.2) is 24.3 Å². The standard InChI is InChI=1S/C11H14O3.C6H14.C2H6/c1-2-6-14-10-5-3-4-9(7-10)8-11(12)13;1-5-6(2,3)4;1-2/h3-5,7H,2,6,8H2,1H3,(H,12,13);5H2,1-4H3;1-2H3. The second-order valence-corrected chi connectivity index (χ2v) is 5.98. The van der Waals surface area contributed by atoms with Crippen molar-refractivity contribution in [3.05, 3.63) is 29.8 Å². The van der Waals surface area contributed by atoms with Gasteiger partial charge < -0.3 is 9.84 Å². The van der Waals surface area contributed by atoms with Crippen molar-refractivity contribution in [1.29, 1.82) is 0 Å². The van der Waals surface area contributed by atoms with E-state index in [4.69, 9.17) is 9.84 Å². The second-order valence-electron chi connectivity index (χ2n) is 5.98. The molecule has 0 aliphatic rings. The Kier molecular flexibility index (Phi) is 13.6. The van der Waals surface area contributed by atoms with Gasteiger partial charge in [-0.2, -0.15) is 0 Å². The van der Waals surface area contributed by atoms with E-state index in [0.29, 0.717) is 12.0 Å². The third-order valence-electron chi connectivity index (χ3n) is 2.79. The van der Waals surface area contributed by atoms with Gasteiger partial charge in [0.05, 0.1) is 13.0 Å². The smallest absolute Gasteiger partial charge is 0.307 e. The van der Waals surface area contributed by atoms with Gasteiger partial charge in [0, 0.05) is 0 Å². The number of ether oxygens (including phenoxy) is 1. The van der Waals surface area contributed by atoms with Crippen LogP contribution in [0.25, 0.3) is 0 Å². The summed E-state index contributed by atoms with van der Waals surface area (Å²) >= 11 is 0. The van der Waals surface area contributed by atoms with E-state index in [0.717, 1.165) is 17.7 Å². The van der Waals surface area contributed by atoms with E-state index in [2.05, 4.69) is 27.7 Å². The van der Waals surface area contributed by atoms with E-state index >= 15 is 0 Å². The summed E-state index contributed by atoms with van der Waals surface area (Å²) in [6.45, 7) is 15.6. The first-order valence-electron chi connectivity index (χ1n) is 8.22. The fourth-order valence-corrected chi connectivity index (χ4v) is 1.14. The topological polar surface area (TPSA) is 46.5 Å². The molecule has 1 rings (SSSR count). The number of benzene rings is 1. The lowest BCUT2D eigenvalue weighted by Crippen LogP contribution is -2.01. The van der Waals surface area contributed by atoms with Gasteiger partial charge in [-0.3, -0.25) is 4.79 Å². The second kappa shape index (κ2) is 13.2. The molecule has 3 heteroatoms. The number of hydrogen-bond donors (Lipinski definition) is 1. The van der Waals surface area contributed by atoms with Crippen LogP contribution in [0.2, 0.25) is 0 Å². The molecule has 0 heterocycles. The summed E-state index contributed by atoms with van der Waals surface area (Å²) in [6, 6.07) is 7.20. The Morgan fingerprint density at radius 3 is 2.14 bits per heavy atom. The molecule has 0 saturated heterocycles. The molecule has 1 aromatic carbocycles. The first-order valence-corrected chi connectivity index (χ1v) is 8.22. The fourth-order valence-electron chi connectivity index (χ4n) is 1.14. The van der Waals surface area contributed by atoms with Gasteiger partial charge in [0.1, 0.15) is 5.75 Å². The Labute approximate surface area is 136 Å². The average molecular weight is 310 g/mol. The molecule has 22 heavy (non-hydrogen) atoms. The van der Waals surface area contributed by atoms with Crippen molar-refractivity contribution in [3.63, 3.8) is 0 Å². The number of aliphatic carboxylic acids is 1. The van der Waals surface area contributed by atoms with Crippen molar-refractivity contribution in [2.45, 2.75) is 67.7 Å². The maximum absolute atomic E-state index is 10.5. The summed E-state index contributed by atoms with van der Waals surface area (Å²) in [5, 5.41) is 8.59. The highest BCUT2D eigenvalue weighted by atomic mass is 16.5. The molecule has 0 aliphatic carbocycles. The molecule has 0 atom stereocenters. The van der Waals surface area contributed by atoms with Crippen LogP contribution >= 0.6 is 0 Å². The molecule has 0 saturated carbocycles. The van der Waals surface area contributed by atoms with E-state index in [1.165, 1.54) is 6.42 Å². The average Bonchev–Trinajstić information content (AvgIpc) is 2.47. The van der Waals surface area contributed by atoms with Gasteiger partial charge >= 0.3 is 5.97 Å². The van der Waals surface area contributed by atoms with Crippen molar-refractivity contribution in [1.82, 2.24) is 0 Å². The molecule has 0 aromatic heterocycles. The Morgan fingerprint density at radius 1 is 1.18 bits per heavy atom. The van der Waals surface area contributed by atoms with E-state index in [1.54, 1.807) is 12.1 Å². The minimum Gasteiger partial charge on any atom is -0.494 e. The highest BCUT2D eigenvalue weighted by molar-refractivity contribution is 5.70. The molecule has 3 nitrogen and oxygen atoms in total. The molecule has 0 unspecified atom stereocenters. The van der Waals surface area contributed by atoms with Gasteiger partial charge in [-0.05, 0) is 29.5 Å². The molecular weight excluding hydrogens is 276 g/mol. The summed E-state index contributed by atoms with van der Waals surface area (Å²) in [5.74, 6) is -0.0803. The highest BCUT2D eigenvalue weighted by Gasteiger charge is 2.03. The quantitative estimate of drug-likeness (QED) is 0.773. The molecule has 0 fully saturated rings. The molecule has 1 aromatic rings. The minimum absolute atomic E-state index is 0.0450. The normalized spacial score (nSPS) is 9.77. The molecule has 0 radical (unpaired) electrons. The van der Waals surface area contributed by atoms with Crippen LogP contribution in [0.1, 0.15) is 66.9 Å². The van der Waals surface area contributed by atoms with Gasteiger partial charge in [-0.1, -0.05) is 67.0 Å². The molecule has 0 bridgehead atoms. The van der Waals surface area contributed by atoms with E-state index in [-0.39, 0.29) is 6.42 Å². The lowest BCUT2D eigenvalue weighted by molar-refractivity contribution is -0.136. The van der Waals surface area contributed by atoms with Crippen molar-refractivity contribution >= 4 is 5.97 Å². The Bertz CT molecular complexity index is 392. The van der Waals surface area contributed by atoms with Crippen LogP contribution < -0.4 is 4.74 Å². The van der Waals surface area contributed by atoms with E-state index in [9.17, 15) is 4.79 Å². The molecule has 128 valence electrons. The predicted octanol–water partition coefficient (Wildman–Crippen LogP) is 5.57. The Morgan fingerprint density at radius 2 is 1.73 bits per heavy atom. The zero-order valence-electron chi connectivity index (χ0n) is 15.4. The number of carboxylic acids is 1. The molecule has 0 spiro atoms. The zero-order valence-corrected chi connectivity index (χ0v) is 15.4. The van der Waals surface area contributed by atoms with Gasteiger partial charge in [-0.25, -0.2) is 0 Å². The minimum atomic E-state index is -0.822. The number of carboxylic acid groups (broad SMARTS) is 1. The van der Waals surface area contributed by atoms with Gasteiger partial charge in [-0.15, -0.1) is 0 Å². The lowest BCUT2D eigenvalue weighted by atomic mass is 9.94. The van der Waals surface area contributed by atoms with Crippen LogP contribution in [0, 0.1) is 5.41 Å². The van der Waals surface area contributed by atoms with Gasteiger partial charge in [0.15, 0.2) is 0 Å². The summed E-state index contributed by atoms with van der Waals surface area (Å²) in [7, 11) is 0. The summed E-state index contributed by atoms with van der Waals surface area (Å²) in [6.07, 6.45) is 2.26. The van der Waals surface area contributed by atoms with Crippen LogP contribution in [0.5, 0.6) is 5.75 Å². The van der Waals surface area contributed by atoms with Crippen molar-refractivity contribution in [2.75, 3.05) is 6.61 Å². The monoisotopic (exact) mass is 310 g/mol. The van der Waals surface area contributed by atoms with Crippen LogP contribution in [0.4, 0.5) is 0 Å². The molecule has 1 N–H and O–H groups in total. The number of rotatable bonds is 5. The van der Waals surface area contributed by atoms with Crippen LogP contribution in [0.3, 0.4) is 0 Å². The largest absolute Gasteiger partial charge is 0.494 e. The van der Waals surface area contributed by atoms with Crippen molar-refractivity contribution < 1.29 is 14.6 Å². The summed E-state index contributed by atoms with van der Waals surface area (Å²) in [4.78, 5) is 10.5. The van der Waals surface area contributed by atoms with Gasteiger partial charge in [0.2, 0.25) is 0 Å². The maximum atomic E-state index is 10.5. The van der Waals surface area contributed by atoms with Crippen LogP contribution in [-0.2, 0) is 11.2 Å². The molecule has 0 amide bonds. The van der Waals surface area contributed by atoms with E-state index in [1.807, 2.05) is 32.9 Å².